The van der Waals surface area contributed by atoms with Gasteiger partial charge in [0.1, 0.15) is 5.82 Å². The van der Waals surface area contributed by atoms with Crippen LogP contribution in [-0.2, 0) is 6.42 Å². The molecule has 1 fully saturated rings. The molecule has 0 bridgehead atoms. The fourth-order valence-electron chi connectivity index (χ4n) is 2.18. The van der Waals surface area contributed by atoms with Gasteiger partial charge in [0.2, 0.25) is 0 Å². The van der Waals surface area contributed by atoms with Gasteiger partial charge in [-0.3, -0.25) is 0 Å². The maximum atomic E-state index is 5.95. The number of pyridine rings is 1. The van der Waals surface area contributed by atoms with E-state index < -0.39 is 0 Å². The Hall–Kier alpha value is -0.670. The van der Waals surface area contributed by atoms with Crippen molar-refractivity contribution in [2.24, 2.45) is 5.92 Å². The van der Waals surface area contributed by atoms with Gasteiger partial charge in [0, 0.05) is 17.6 Å². The third kappa shape index (κ3) is 1.94. The Morgan fingerprint density at radius 3 is 3.31 bits per heavy atom. The molecule has 3 heterocycles. The average Bonchev–Trinajstić information content (AvgIpc) is 2.89. The molecule has 0 N–H and O–H groups in total. The van der Waals surface area contributed by atoms with E-state index in [1.807, 2.05) is 24.5 Å². The zero-order valence-electron chi connectivity index (χ0n) is 8.90. The molecule has 0 aliphatic carbocycles. The first-order chi connectivity index (χ1) is 7.83. The highest BCUT2D eigenvalue weighted by molar-refractivity contribution is 7.99. The third-order valence-corrected chi connectivity index (χ3v) is 4.53. The first kappa shape index (κ1) is 10.5. The Bertz CT molecular complexity index is 503. The Balaban J connectivity index is 1.91. The SMILES string of the molecule is Clc1ccn2c(CC3CCSC3)ncc2c1. The van der Waals surface area contributed by atoms with E-state index in [1.54, 1.807) is 0 Å². The van der Waals surface area contributed by atoms with Gasteiger partial charge >= 0.3 is 0 Å². The lowest BCUT2D eigenvalue weighted by Gasteiger charge is -2.06. The molecule has 0 saturated carbocycles. The van der Waals surface area contributed by atoms with Gasteiger partial charge in [0.05, 0.1) is 11.7 Å². The number of hydrogen-bond donors (Lipinski definition) is 0. The second-order valence-corrected chi connectivity index (χ2v) is 5.83. The molecule has 0 amide bonds. The third-order valence-electron chi connectivity index (χ3n) is 3.07. The molecule has 16 heavy (non-hydrogen) atoms. The van der Waals surface area contributed by atoms with Crippen molar-refractivity contribution in [3.8, 4) is 0 Å². The zero-order valence-corrected chi connectivity index (χ0v) is 10.5. The van der Waals surface area contributed by atoms with Crippen LogP contribution in [-0.4, -0.2) is 20.9 Å². The molecule has 1 unspecified atom stereocenters. The maximum Gasteiger partial charge on any atom is 0.113 e. The molecule has 1 saturated heterocycles. The molecule has 0 aromatic carbocycles. The fourth-order valence-corrected chi connectivity index (χ4v) is 3.63. The minimum absolute atomic E-state index is 0.773. The molecule has 1 aliphatic rings. The van der Waals surface area contributed by atoms with Crippen LogP contribution in [0.5, 0.6) is 0 Å². The molecule has 0 spiro atoms. The number of fused-ring (bicyclic) bond motifs is 1. The van der Waals surface area contributed by atoms with Crippen molar-refractivity contribution in [2.75, 3.05) is 11.5 Å². The second kappa shape index (κ2) is 4.30. The summed E-state index contributed by atoms with van der Waals surface area (Å²) in [6, 6.07) is 3.88. The molecule has 2 aromatic heterocycles. The van der Waals surface area contributed by atoms with E-state index in [2.05, 4.69) is 21.1 Å². The highest BCUT2D eigenvalue weighted by atomic mass is 35.5. The van der Waals surface area contributed by atoms with Crippen molar-refractivity contribution in [2.45, 2.75) is 12.8 Å². The second-order valence-electron chi connectivity index (χ2n) is 4.25. The van der Waals surface area contributed by atoms with Gasteiger partial charge < -0.3 is 4.40 Å². The average molecular weight is 253 g/mol. The van der Waals surface area contributed by atoms with Gasteiger partial charge in [-0.1, -0.05) is 11.6 Å². The van der Waals surface area contributed by atoms with Crippen LogP contribution in [0.4, 0.5) is 0 Å². The summed E-state index contributed by atoms with van der Waals surface area (Å²) in [6.45, 7) is 0. The number of hydrogen-bond acceptors (Lipinski definition) is 2. The van der Waals surface area contributed by atoms with Gasteiger partial charge in [0.25, 0.3) is 0 Å². The molecule has 0 radical (unpaired) electrons. The quantitative estimate of drug-likeness (QED) is 0.816. The van der Waals surface area contributed by atoms with Crippen molar-refractivity contribution < 1.29 is 0 Å². The number of imidazole rings is 1. The first-order valence-corrected chi connectivity index (χ1v) is 7.05. The summed E-state index contributed by atoms with van der Waals surface area (Å²) in [5.74, 6) is 4.55. The summed E-state index contributed by atoms with van der Waals surface area (Å²) < 4.78 is 2.15. The van der Waals surface area contributed by atoms with E-state index in [1.165, 1.54) is 23.8 Å². The zero-order chi connectivity index (χ0) is 11.0. The molecule has 1 aliphatic heterocycles. The Morgan fingerprint density at radius 2 is 2.50 bits per heavy atom. The predicted molar refractivity (Wildman–Crippen MR) is 69.3 cm³/mol. The van der Waals surface area contributed by atoms with Gasteiger partial charge in [-0.05, 0) is 36.0 Å². The van der Waals surface area contributed by atoms with Crippen molar-refractivity contribution in [3.05, 3.63) is 35.4 Å². The van der Waals surface area contributed by atoms with E-state index in [-0.39, 0.29) is 0 Å². The lowest BCUT2D eigenvalue weighted by molar-refractivity contribution is 0.574. The van der Waals surface area contributed by atoms with Crippen LogP contribution in [0.3, 0.4) is 0 Å². The fraction of sp³-hybridized carbons (Fsp3) is 0.417. The van der Waals surface area contributed by atoms with E-state index in [0.29, 0.717) is 0 Å². The van der Waals surface area contributed by atoms with E-state index in [4.69, 9.17) is 11.6 Å². The summed E-state index contributed by atoms with van der Waals surface area (Å²) in [7, 11) is 0. The predicted octanol–water partition coefficient (Wildman–Crippen LogP) is 3.28. The standard InChI is InChI=1S/C12H13ClN2S/c13-10-1-3-15-11(6-10)7-14-12(15)5-9-2-4-16-8-9/h1,3,6-7,9H,2,4-5,8H2. The molecule has 4 heteroatoms. The number of thioether (sulfide) groups is 1. The first-order valence-electron chi connectivity index (χ1n) is 5.52. The Labute approximate surface area is 104 Å². The number of rotatable bonds is 2. The largest absolute Gasteiger partial charge is 0.304 e. The van der Waals surface area contributed by atoms with Crippen LogP contribution in [0.1, 0.15) is 12.2 Å². The molecule has 1 atom stereocenters. The van der Waals surface area contributed by atoms with Gasteiger partial charge in [-0.2, -0.15) is 11.8 Å². The maximum absolute atomic E-state index is 5.95. The van der Waals surface area contributed by atoms with Gasteiger partial charge in [-0.25, -0.2) is 4.98 Å². The molecule has 84 valence electrons. The van der Waals surface area contributed by atoms with Gasteiger partial charge in [-0.15, -0.1) is 0 Å². The minimum atomic E-state index is 0.773. The lowest BCUT2D eigenvalue weighted by atomic mass is 10.1. The summed E-state index contributed by atoms with van der Waals surface area (Å²) in [6.07, 6.45) is 6.33. The van der Waals surface area contributed by atoms with Crippen molar-refractivity contribution in [3.63, 3.8) is 0 Å². The molecule has 3 rings (SSSR count). The van der Waals surface area contributed by atoms with Crippen LogP contribution in [0.15, 0.2) is 24.5 Å². The van der Waals surface area contributed by atoms with Crippen LogP contribution < -0.4 is 0 Å². The van der Waals surface area contributed by atoms with Crippen molar-refractivity contribution >= 4 is 28.9 Å². The Kier molecular flexibility index (Phi) is 2.82. The van der Waals surface area contributed by atoms with E-state index in [0.717, 1.165) is 22.9 Å². The highest BCUT2D eigenvalue weighted by Crippen LogP contribution is 2.26. The van der Waals surface area contributed by atoms with Crippen LogP contribution in [0, 0.1) is 5.92 Å². The number of nitrogens with zero attached hydrogens (tertiary/aromatic N) is 2. The van der Waals surface area contributed by atoms with Crippen LogP contribution >= 0.6 is 23.4 Å². The molecular weight excluding hydrogens is 240 g/mol. The topological polar surface area (TPSA) is 17.3 Å². The summed E-state index contributed by atoms with van der Waals surface area (Å²) in [4.78, 5) is 4.49. The van der Waals surface area contributed by atoms with Crippen LogP contribution in [0.2, 0.25) is 5.02 Å². The normalized spacial score (nSPS) is 20.7. The Morgan fingerprint density at radius 1 is 1.56 bits per heavy atom. The minimum Gasteiger partial charge on any atom is -0.304 e. The monoisotopic (exact) mass is 252 g/mol. The van der Waals surface area contributed by atoms with E-state index in [9.17, 15) is 0 Å². The molecule has 2 nitrogen and oxygen atoms in total. The van der Waals surface area contributed by atoms with Gasteiger partial charge in [0.15, 0.2) is 0 Å². The lowest BCUT2D eigenvalue weighted by Crippen LogP contribution is -2.06. The van der Waals surface area contributed by atoms with Crippen molar-refractivity contribution in [1.29, 1.82) is 0 Å². The summed E-state index contributed by atoms with van der Waals surface area (Å²) >= 11 is 8.01. The van der Waals surface area contributed by atoms with Crippen molar-refractivity contribution in [1.82, 2.24) is 9.38 Å². The highest BCUT2D eigenvalue weighted by Gasteiger charge is 2.18. The van der Waals surface area contributed by atoms with Crippen LogP contribution in [0.25, 0.3) is 5.52 Å². The summed E-state index contributed by atoms with van der Waals surface area (Å²) in [5.41, 5.74) is 1.09. The smallest absolute Gasteiger partial charge is 0.113 e. The number of halogens is 1. The molecular formula is C12H13ClN2S. The summed E-state index contributed by atoms with van der Waals surface area (Å²) in [5, 5.41) is 0.773. The molecule has 2 aromatic rings. The van der Waals surface area contributed by atoms with E-state index >= 15 is 0 Å². The number of aromatic nitrogens is 2.